The molecule has 1 amide bonds. The zero-order valence-corrected chi connectivity index (χ0v) is 19.7. The minimum absolute atomic E-state index is 0.0130. The Hall–Kier alpha value is -2.53. The maximum absolute atomic E-state index is 12.6. The van der Waals surface area contributed by atoms with Gasteiger partial charge in [0.2, 0.25) is 0 Å². The number of carbonyl (C=O) groups excluding carboxylic acids is 1. The summed E-state index contributed by atoms with van der Waals surface area (Å²) < 4.78 is 0.806. The Balaban J connectivity index is 1.48. The highest BCUT2D eigenvalue weighted by Gasteiger charge is 2.23. The molecule has 0 spiro atoms. The van der Waals surface area contributed by atoms with Crippen LogP contribution in [0.3, 0.4) is 0 Å². The second kappa shape index (κ2) is 9.53. The number of nitrogens with zero attached hydrogens (tertiary/aromatic N) is 3. The van der Waals surface area contributed by atoms with Gasteiger partial charge in [0.05, 0.1) is 19.7 Å². The molecule has 0 unspecified atom stereocenters. The van der Waals surface area contributed by atoms with Crippen molar-refractivity contribution in [1.82, 2.24) is 10.3 Å². The number of fused-ring (bicyclic) bond motifs is 1. The third kappa shape index (κ3) is 4.78. The smallest absolute Gasteiger partial charge is 0.293 e. The number of halogens is 2. The standard InChI is InChI=1S/C20H17Cl2N5O3S2/c21-12-5-7-15-17(16(12)22)23-20(32-15)25-19(31)24-18(28)11-4-6-13(14(10-11)27(29)30)26-8-2-1-3-9-26/h4-7,10H,1-3,8-9H2,(H2,23,24,25,28,31). The van der Waals surface area contributed by atoms with Gasteiger partial charge in [0.1, 0.15) is 11.2 Å². The van der Waals surface area contributed by atoms with E-state index in [1.54, 1.807) is 24.3 Å². The summed E-state index contributed by atoms with van der Waals surface area (Å²) in [5.41, 5.74) is 1.10. The number of anilines is 2. The van der Waals surface area contributed by atoms with Crippen LogP contribution in [0.4, 0.5) is 16.5 Å². The highest BCUT2D eigenvalue weighted by Crippen LogP contribution is 2.35. The van der Waals surface area contributed by atoms with E-state index in [-0.39, 0.29) is 16.4 Å². The summed E-state index contributed by atoms with van der Waals surface area (Å²) in [6, 6.07) is 7.93. The number of piperidine rings is 1. The molecule has 0 radical (unpaired) electrons. The van der Waals surface area contributed by atoms with Crippen molar-refractivity contribution in [2.75, 3.05) is 23.3 Å². The molecule has 2 N–H and O–H groups in total. The van der Waals surface area contributed by atoms with Crippen LogP contribution in [0, 0.1) is 10.1 Å². The lowest BCUT2D eigenvalue weighted by atomic mass is 10.1. The third-order valence-corrected chi connectivity index (χ3v) is 6.97. The number of hydrogen-bond acceptors (Lipinski definition) is 7. The van der Waals surface area contributed by atoms with Gasteiger partial charge in [-0.25, -0.2) is 4.98 Å². The topological polar surface area (TPSA) is 100 Å². The normalized spacial score (nSPS) is 13.8. The van der Waals surface area contributed by atoms with E-state index in [1.807, 2.05) is 4.90 Å². The molecule has 0 bridgehead atoms. The van der Waals surface area contributed by atoms with Crippen LogP contribution in [-0.4, -0.2) is 34.0 Å². The Kier molecular flexibility index (Phi) is 6.75. The SMILES string of the molecule is O=C(NC(=S)Nc1nc2c(Cl)c(Cl)ccc2s1)c1ccc(N2CCCCC2)c([N+](=O)[O-])c1. The summed E-state index contributed by atoms with van der Waals surface area (Å²) in [4.78, 5) is 30.1. The van der Waals surface area contributed by atoms with Gasteiger partial charge >= 0.3 is 0 Å². The van der Waals surface area contributed by atoms with E-state index >= 15 is 0 Å². The molecule has 2 heterocycles. The number of rotatable bonds is 4. The number of nitro groups is 1. The van der Waals surface area contributed by atoms with Crippen molar-refractivity contribution in [2.45, 2.75) is 19.3 Å². The number of benzene rings is 2. The third-order valence-electron chi connectivity index (χ3n) is 5.03. The summed E-state index contributed by atoms with van der Waals surface area (Å²) in [5.74, 6) is -0.557. The first-order valence-corrected chi connectivity index (χ1v) is 11.7. The molecular formula is C20H17Cl2N5O3S2. The van der Waals surface area contributed by atoms with Gasteiger partial charge in [0, 0.05) is 24.7 Å². The monoisotopic (exact) mass is 509 g/mol. The minimum Gasteiger partial charge on any atom is -0.366 e. The van der Waals surface area contributed by atoms with Gasteiger partial charge < -0.3 is 10.2 Å². The number of thiazole rings is 1. The van der Waals surface area contributed by atoms with E-state index in [2.05, 4.69) is 15.6 Å². The van der Waals surface area contributed by atoms with E-state index in [4.69, 9.17) is 35.4 Å². The quantitative estimate of drug-likeness (QED) is 0.267. The molecule has 3 aromatic rings. The van der Waals surface area contributed by atoms with E-state index in [9.17, 15) is 14.9 Å². The lowest BCUT2D eigenvalue weighted by Gasteiger charge is -2.28. The molecule has 2 aromatic carbocycles. The molecule has 0 atom stereocenters. The summed E-state index contributed by atoms with van der Waals surface area (Å²) in [7, 11) is 0. The summed E-state index contributed by atoms with van der Waals surface area (Å²) >= 11 is 18.7. The maximum atomic E-state index is 12.6. The van der Waals surface area contributed by atoms with Crippen molar-refractivity contribution in [3.63, 3.8) is 0 Å². The number of hydrogen-bond donors (Lipinski definition) is 2. The molecule has 4 rings (SSSR count). The second-order valence-corrected chi connectivity index (χ2v) is 9.37. The number of carbonyl (C=O) groups is 1. The first kappa shape index (κ1) is 22.7. The molecule has 0 aliphatic carbocycles. The molecular weight excluding hydrogens is 493 g/mol. The average Bonchev–Trinajstić information content (AvgIpc) is 3.19. The van der Waals surface area contributed by atoms with Crippen molar-refractivity contribution < 1.29 is 9.72 Å². The highest BCUT2D eigenvalue weighted by atomic mass is 35.5. The van der Waals surface area contributed by atoms with Crippen molar-refractivity contribution in [3.05, 3.63) is 56.1 Å². The van der Waals surface area contributed by atoms with Crippen molar-refractivity contribution in [2.24, 2.45) is 0 Å². The van der Waals surface area contributed by atoms with Gasteiger partial charge in [-0.2, -0.15) is 0 Å². The molecule has 12 heteroatoms. The fraction of sp³-hybridized carbons (Fsp3) is 0.250. The summed E-state index contributed by atoms with van der Waals surface area (Å²) in [5, 5.41) is 18.2. The largest absolute Gasteiger partial charge is 0.366 e. The van der Waals surface area contributed by atoms with Gasteiger partial charge in [-0.05, 0) is 55.7 Å². The van der Waals surface area contributed by atoms with Crippen LogP contribution in [0.2, 0.25) is 10.0 Å². The second-order valence-electron chi connectivity index (χ2n) is 7.14. The highest BCUT2D eigenvalue weighted by molar-refractivity contribution is 7.80. The first-order valence-electron chi connectivity index (χ1n) is 9.74. The number of nitrogens with one attached hydrogen (secondary N) is 2. The summed E-state index contributed by atoms with van der Waals surface area (Å²) in [6.45, 7) is 1.52. The molecule has 1 aliphatic heterocycles. The fourth-order valence-corrected chi connectivity index (χ4v) is 5.06. The van der Waals surface area contributed by atoms with Crippen molar-refractivity contribution >= 4 is 84.5 Å². The van der Waals surface area contributed by atoms with Gasteiger partial charge in [0.15, 0.2) is 10.2 Å². The lowest BCUT2D eigenvalue weighted by Crippen LogP contribution is -2.34. The van der Waals surface area contributed by atoms with Crippen LogP contribution >= 0.6 is 46.8 Å². The molecule has 1 aliphatic rings. The van der Waals surface area contributed by atoms with Gasteiger partial charge in [-0.3, -0.25) is 20.2 Å². The molecule has 1 aromatic heterocycles. The number of aromatic nitrogens is 1. The Labute approximate surface area is 202 Å². The molecule has 32 heavy (non-hydrogen) atoms. The Morgan fingerprint density at radius 2 is 1.94 bits per heavy atom. The number of thiocarbonyl (C=S) groups is 1. The van der Waals surface area contributed by atoms with Gasteiger partial charge in [-0.15, -0.1) is 0 Å². The van der Waals surface area contributed by atoms with E-state index in [0.717, 1.165) is 37.1 Å². The Morgan fingerprint density at radius 1 is 1.19 bits per heavy atom. The molecule has 1 fully saturated rings. The van der Waals surface area contributed by atoms with Crippen LogP contribution in [0.25, 0.3) is 10.2 Å². The predicted octanol–water partition coefficient (Wildman–Crippen LogP) is 5.63. The van der Waals surface area contributed by atoms with Crippen molar-refractivity contribution in [3.8, 4) is 0 Å². The van der Waals surface area contributed by atoms with Crippen molar-refractivity contribution in [1.29, 1.82) is 0 Å². The minimum atomic E-state index is -0.557. The fourth-order valence-electron chi connectivity index (χ4n) is 3.51. The van der Waals surface area contributed by atoms with E-state index in [0.29, 0.717) is 26.4 Å². The number of amides is 1. The van der Waals surface area contributed by atoms with Crippen LogP contribution in [0.15, 0.2) is 30.3 Å². The number of nitro benzene ring substituents is 1. The Morgan fingerprint density at radius 3 is 2.66 bits per heavy atom. The van der Waals surface area contributed by atoms with Crippen LogP contribution in [-0.2, 0) is 0 Å². The molecule has 166 valence electrons. The van der Waals surface area contributed by atoms with E-state index < -0.39 is 10.8 Å². The van der Waals surface area contributed by atoms with Crippen LogP contribution in [0.5, 0.6) is 0 Å². The van der Waals surface area contributed by atoms with Crippen LogP contribution in [0.1, 0.15) is 29.6 Å². The van der Waals surface area contributed by atoms with Gasteiger partial charge in [0.25, 0.3) is 11.6 Å². The predicted molar refractivity (Wildman–Crippen MR) is 132 cm³/mol. The molecule has 8 nitrogen and oxygen atoms in total. The zero-order valence-electron chi connectivity index (χ0n) is 16.6. The molecule has 0 saturated carbocycles. The maximum Gasteiger partial charge on any atom is 0.293 e. The zero-order chi connectivity index (χ0) is 22.8. The van der Waals surface area contributed by atoms with Crippen LogP contribution < -0.4 is 15.5 Å². The Bertz CT molecular complexity index is 1230. The average molecular weight is 510 g/mol. The van der Waals surface area contributed by atoms with Gasteiger partial charge in [-0.1, -0.05) is 34.5 Å². The molecule has 1 saturated heterocycles. The first-order chi connectivity index (χ1) is 15.3. The lowest BCUT2D eigenvalue weighted by molar-refractivity contribution is -0.384. The van der Waals surface area contributed by atoms with E-state index in [1.165, 1.54) is 17.4 Å². The summed E-state index contributed by atoms with van der Waals surface area (Å²) in [6.07, 6.45) is 3.09.